The molecule has 0 saturated heterocycles. The van der Waals surface area contributed by atoms with Crippen LogP contribution in [0.5, 0.6) is 0 Å². The second kappa shape index (κ2) is 17.0. The summed E-state index contributed by atoms with van der Waals surface area (Å²) in [5.74, 6) is -0.203. The van der Waals surface area contributed by atoms with E-state index in [0.717, 1.165) is 44.6 Å². The van der Waals surface area contributed by atoms with Crippen molar-refractivity contribution < 1.29 is 24.6 Å². The molecule has 0 unspecified atom stereocenters. The van der Waals surface area contributed by atoms with Gasteiger partial charge < -0.3 is 4.74 Å². The van der Waals surface area contributed by atoms with Gasteiger partial charge >= 0.3 is 5.97 Å². The Morgan fingerprint density at radius 3 is 2.62 bits per heavy atom. The molecule has 0 aromatic carbocycles. The van der Waals surface area contributed by atoms with Crippen molar-refractivity contribution in [1.29, 1.82) is 0 Å². The van der Waals surface area contributed by atoms with E-state index < -0.39 is 32.3 Å². The molecule has 0 aromatic heterocycles. The van der Waals surface area contributed by atoms with E-state index in [1.165, 1.54) is 13.2 Å². The second-order valence-corrected chi connectivity index (χ2v) is 4.51. The fourth-order valence-corrected chi connectivity index (χ4v) is 1.69. The van der Waals surface area contributed by atoms with Crippen LogP contribution in [0, 0.1) is 0 Å². The molecule has 0 aliphatic heterocycles. The summed E-state index contributed by atoms with van der Waals surface area (Å²) in [6, 6.07) is 0. The number of rotatable bonds is 14. The average Bonchev–Trinajstić information content (AvgIpc) is 2.67. The molecule has 0 bridgehead atoms. The molecular weight excluding hydrogens is 260 g/mol. The lowest BCUT2D eigenvalue weighted by Crippen LogP contribution is -1.98. The molecule has 0 N–H and O–H groups in total. The maximum Gasteiger partial charge on any atom is 0.305 e. The first-order chi connectivity index (χ1) is 14.5. The predicted molar refractivity (Wildman–Crippen MR) is 91.4 cm³/mol. The van der Waals surface area contributed by atoms with Gasteiger partial charge in [-0.05, 0) is 38.4 Å². The van der Waals surface area contributed by atoms with Gasteiger partial charge in [-0.2, -0.15) is 0 Å². The van der Waals surface area contributed by atoms with Crippen molar-refractivity contribution in [1.82, 2.24) is 0 Å². The first-order valence-corrected chi connectivity index (χ1v) is 7.35. The van der Waals surface area contributed by atoms with Gasteiger partial charge in [-0.15, -0.1) is 0 Å². The van der Waals surface area contributed by atoms with Crippen LogP contribution < -0.4 is 0 Å². The van der Waals surface area contributed by atoms with Crippen molar-refractivity contribution in [3.63, 3.8) is 0 Å². The van der Waals surface area contributed by atoms with Crippen molar-refractivity contribution in [3.8, 4) is 0 Å². The molecule has 0 atom stereocenters. The smallest absolute Gasteiger partial charge is 0.305 e. The summed E-state index contributed by atoms with van der Waals surface area (Å²) in [7, 11) is 1.37. The molecule has 0 aromatic rings. The number of carbonyl (C=O) groups excluding carboxylic acids is 1. The zero-order valence-corrected chi connectivity index (χ0v) is 12.8. The highest BCUT2D eigenvalue weighted by atomic mass is 16.5. The molecule has 0 heterocycles. The van der Waals surface area contributed by atoms with Gasteiger partial charge in [0.2, 0.25) is 0 Å². The fraction of sp³-hybridized carbons (Fsp3) is 0.737. The van der Waals surface area contributed by atoms with Crippen molar-refractivity contribution in [2.75, 3.05) is 7.11 Å². The Balaban J connectivity index is 4.60. The van der Waals surface area contributed by atoms with Crippen molar-refractivity contribution in [2.24, 2.45) is 0 Å². The first kappa shape index (κ1) is 7.99. The molecule has 0 rings (SSSR count). The molecule has 0 fully saturated rings. The first-order valence-electron chi connectivity index (χ1n) is 12.9. The van der Waals surface area contributed by atoms with E-state index >= 15 is 0 Å². The monoisotopic (exact) mass is 305 g/mol. The number of methoxy groups -OCH3 is 1. The summed E-state index contributed by atoms with van der Waals surface area (Å²) in [6.45, 7) is -3.46. The van der Waals surface area contributed by atoms with Crippen LogP contribution in [0.15, 0.2) is 24.3 Å². The van der Waals surface area contributed by atoms with Crippen LogP contribution >= 0.6 is 0 Å². The molecule has 122 valence electrons. The number of hydrogen-bond acceptors (Lipinski definition) is 2. The normalized spacial score (nSPS) is 22.6. The standard InChI is InChI=1S/C19H34O2/c1-3-4-5-6-7-8-9-10-11-12-13-14-15-16-17-18-19(20)21-2/h7-8,10-11H,3-6,9,12-18H2,1-2H3/b8-7-,11-10-/i1D3,3D2,4D2,5D2,6D2. The minimum absolute atomic E-state index is 0.203. The third-order valence-electron chi connectivity index (χ3n) is 2.82. The van der Waals surface area contributed by atoms with E-state index in [0.29, 0.717) is 6.42 Å². The maximum absolute atomic E-state index is 11.0. The summed E-state index contributed by atoms with van der Waals surface area (Å²) in [5, 5.41) is 0. The number of ether oxygens (including phenoxy) is 1. The Kier molecular flexibility index (Phi) is 6.47. The number of esters is 1. The summed E-state index contributed by atoms with van der Waals surface area (Å²) in [5.41, 5.74) is 0. The van der Waals surface area contributed by atoms with Crippen LogP contribution in [0.2, 0.25) is 0 Å². The largest absolute Gasteiger partial charge is 0.469 e. The second-order valence-electron chi connectivity index (χ2n) is 4.51. The predicted octanol–water partition coefficient (Wildman–Crippen LogP) is 5.97. The topological polar surface area (TPSA) is 26.3 Å². The summed E-state index contributed by atoms with van der Waals surface area (Å²) in [4.78, 5) is 11.0. The van der Waals surface area contributed by atoms with E-state index in [9.17, 15) is 4.79 Å². The maximum atomic E-state index is 11.0. The zero-order valence-electron chi connectivity index (χ0n) is 23.8. The van der Waals surface area contributed by atoms with Crippen molar-refractivity contribution in [2.45, 2.75) is 83.7 Å². The molecule has 0 radical (unpaired) electrons. The third-order valence-corrected chi connectivity index (χ3v) is 2.82. The van der Waals surface area contributed by atoms with Gasteiger partial charge in [0.15, 0.2) is 0 Å². The van der Waals surface area contributed by atoms with Crippen molar-refractivity contribution in [3.05, 3.63) is 24.3 Å². The number of allylic oxidation sites excluding steroid dienone is 4. The third kappa shape index (κ3) is 16.9. The van der Waals surface area contributed by atoms with Crippen LogP contribution in [0.3, 0.4) is 0 Å². The molecule has 21 heavy (non-hydrogen) atoms. The highest BCUT2D eigenvalue weighted by Gasteiger charge is 1.98. The van der Waals surface area contributed by atoms with E-state index in [1.807, 2.05) is 6.08 Å². The average molecular weight is 306 g/mol. The Labute approximate surface area is 147 Å². The molecular formula is C19H34O2. The lowest BCUT2D eigenvalue weighted by atomic mass is 10.1. The Morgan fingerprint density at radius 2 is 1.81 bits per heavy atom. The number of carbonyl (C=O) groups is 1. The van der Waals surface area contributed by atoms with Gasteiger partial charge in [0, 0.05) is 21.5 Å². The van der Waals surface area contributed by atoms with E-state index in [2.05, 4.69) is 4.74 Å². The molecule has 0 saturated carbocycles. The zero-order chi connectivity index (χ0) is 25.3. The van der Waals surface area contributed by atoms with Crippen LogP contribution in [0.1, 0.15) is 98.8 Å². The molecule has 0 spiro atoms. The van der Waals surface area contributed by atoms with Gasteiger partial charge in [0.05, 0.1) is 7.11 Å². The van der Waals surface area contributed by atoms with Gasteiger partial charge in [-0.3, -0.25) is 4.79 Å². The van der Waals surface area contributed by atoms with Crippen LogP contribution in [-0.2, 0) is 9.53 Å². The summed E-state index contributed by atoms with van der Waals surface area (Å²) in [6.07, 6.45) is -1.60. The van der Waals surface area contributed by atoms with E-state index in [-0.39, 0.29) is 12.4 Å². The Bertz CT molecular complexity index is 638. The van der Waals surface area contributed by atoms with Gasteiger partial charge in [-0.25, -0.2) is 0 Å². The van der Waals surface area contributed by atoms with Gasteiger partial charge in [-0.1, -0.05) is 63.2 Å². The van der Waals surface area contributed by atoms with Crippen LogP contribution in [0.25, 0.3) is 0 Å². The minimum atomic E-state index is -3.62. The summed E-state index contributed by atoms with van der Waals surface area (Å²) < 4.78 is 88.3. The quantitative estimate of drug-likeness (QED) is 0.224. The van der Waals surface area contributed by atoms with Crippen LogP contribution in [0.4, 0.5) is 0 Å². The Hall–Kier alpha value is -1.05. The molecule has 0 amide bonds. The highest BCUT2D eigenvalue weighted by molar-refractivity contribution is 5.68. The SMILES string of the molecule is [2H]C([2H])([2H])C([2H])([2H])C([2H])([2H])C([2H])([2H])C([2H])([2H])/C=C\C/C=C\CCCCCCCC(=O)OC. The molecule has 2 nitrogen and oxygen atoms in total. The van der Waals surface area contributed by atoms with Crippen LogP contribution in [-0.4, -0.2) is 13.1 Å². The highest BCUT2D eigenvalue weighted by Crippen LogP contribution is 2.08. The van der Waals surface area contributed by atoms with E-state index in [1.54, 1.807) is 6.08 Å². The summed E-state index contributed by atoms with van der Waals surface area (Å²) >= 11 is 0. The lowest BCUT2D eigenvalue weighted by Gasteiger charge is -1.99. The molecule has 2 heteroatoms. The fourth-order valence-electron chi connectivity index (χ4n) is 1.69. The molecule has 0 aliphatic carbocycles. The van der Waals surface area contributed by atoms with E-state index in [4.69, 9.17) is 15.1 Å². The lowest BCUT2D eigenvalue weighted by molar-refractivity contribution is -0.140. The molecule has 0 aliphatic rings. The minimum Gasteiger partial charge on any atom is -0.469 e. The van der Waals surface area contributed by atoms with Crippen molar-refractivity contribution >= 4 is 5.97 Å². The number of hydrogen-bond donors (Lipinski definition) is 0. The van der Waals surface area contributed by atoms with Gasteiger partial charge in [0.1, 0.15) is 0 Å². The Morgan fingerprint density at radius 1 is 1.05 bits per heavy atom. The van der Waals surface area contributed by atoms with Gasteiger partial charge in [0.25, 0.3) is 0 Å². The number of unbranched alkanes of at least 4 members (excludes halogenated alkanes) is 5.